The van der Waals surface area contributed by atoms with Gasteiger partial charge in [-0.25, -0.2) is 0 Å². The van der Waals surface area contributed by atoms with Gasteiger partial charge in [0.1, 0.15) is 0 Å². The van der Waals surface area contributed by atoms with E-state index in [-0.39, 0.29) is 11.8 Å². The summed E-state index contributed by atoms with van der Waals surface area (Å²) in [7, 11) is 0. The van der Waals surface area contributed by atoms with Gasteiger partial charge in [0.15, 0.2) is 0 Å². The van der Waals surface area contributed by atoms with E-state index in [0.29, 0.717) is 26.8 Å². The molecule has 1 aromatic heterocycles. The van der Waals surface area contributed by atoms with Crippen molar-refractivity contribution in [2.45, 2.75) is 37.2 Å². The van der Waals surface area contributed by atoms with E-state index >= 15 is 0 Å². The van der Waals surface area contributed by atoms with Gasteiger partial charge in [0, 0.05) is 10.9 Å². The molecule has 5 nitrogen and oxygen atoms in total. The molecule has 0 saturated carbocycles. The van der Waals surface area contributed by atoms with Gasteiger partial charge in [-0.15, -0.1) is 10.2 Å². The monoisotopic (exact) mass is 359 g/mol. The minimum atomic E-state index is -0.421. The number of rotatable bonds is 5. The molecule has 0 spiro atoms. The van der Waals surface area contributed by atoms with Crippen LogP contribution in [0.5, 0.6) is 0 Å². The van der Waals surface area contributed by atoms with Crippen LogP contribution in [0.25, 0.3) is 0 Å². The Hall–Kier alpha value is -1.24. The van der Waals surface area contributed by atoms with Crippen LogP contribution in [0.4, 0.5) is 5.69 Å². The number of carbonyl (C=O) groups excluding carboxylic acids is 1. The van der Waals surface area contributed by atoms with Gasteiger partial charge in [-0.1, -0.05) is 48.8 Å². The number of nitrogens with zero attached hydrogens (tertiary/aromatic N) is 2. The van der Waals surface area contributed by atoms with E-state index in [1.807, 2.05) is 13.8 Å². The fourth-order valence-corrected chi connectivity index (χ4v) is 2.56. The van der Waals surface area contributed by atoms with Gasteiger partial charge in [-0.3, -0.25) is 4.79 Å². The smallest absolute Gasteiger partial charge is 0.277 e. The Kier molecular flexibility index (Phi) is 5.72. The summed E-state index contributed by atoms with van der Waals surface area (Å²) in [5.41, 5.74) is 0.472. The minimum Gasteiger partial charge on any atom is -0.416 e. The Labute approximate surface area is 142 Å². The van der Waals surface area contributed by atoms with Crippen LogP contribution < -0.4 is 5.32 Å². The number of hydrogen-bond acceptors (Lipinski definition) is 5. The van der Waals surface area contributed by atoms with Crippen LogP contribution in [-0.2, 0) is 4.79 Å². The maximum atomic E-state index is 12.2. The third kappa shape index (κ3) is 4.38. The van der Waals surface area contributed by atoms with Gasteiger partial charge < -0.3 is 9.73 Å². The van der Waals surface area contributed by atoms with E-state index in [1.54, 1.807) is 25.1 Å². The predicted molar refractivity (Wildman–Crippen MR) is 88.8 cm³/mol. The second-order valence-electron chi connectivity index (χ2n) is 4.93. The number of aromatic nitrogens is 2. The highest BCUT2D eigenvalue weighted by Gasteiger charge is 2.20. The lowest BCUT2D eigenvalue weighted by Gasteiger charge is -2.11. The second kappa shape index (κ2) is 7.35. The Bertz CT molecular complexity index is 676. The fraction of sp³-hybridized carbons (Fsp3) is 0.357. The van der Waals surface area contributed by atoms with Crippen LogP contribution in [0, 0.1) is 0 Å². The van der Waals surface area contributed by atoms with E-state index < -0.39 is 5.25 Å². The Morgan fingerprint density at radius 2 is 2.00 bits per heavy atom. The second-order valence-corrected chi connectivity index (χ2v) is 7.07. The number of benzene rings is 1. The highest BCUT2D eigenvalue weighted by molar-refractivity contribution is 8.00. The molecular weight excluding hydrogens is 345 g/mol. The molecule has 0 fully saturated rings. The van der Waals surface area contributed by atoms with Gasteiger partial charge in [0.05, 0.1) is 16.0 Å². The van der Waals surface area contributed by atoms with Crippen LogP contribution in [-0.4, -0.2) is 21.4 Å². The molecule has 118 valence electrons. The first-order valence-corrected chi connectivity index (χ1v) is 8.26. The van der Waals surface area contributed by atoms with Crippen molar-refractivity contribution >= 4 is 46.6 Å². The van der Waals surface area contributed by atoms with Crippen molar-refractivity contribution in [3.63, 3.8) is 0 Å². The van der Waals surface area contributed by atoms with Crippen molar-refractivity contribution in [2.75, 3.05) is 5.32 Å². The number of thioether (sulfide) groups is 1. The molecule has 1 N–H and O–H groups in total. The maximum absolute atomic E-state index is 12.2. The lowest BCUT2D eigenvalue weighted by molar-refractivity contribution is -0.115. The average molecular weight is 360 g/mol. The van der Waals surface area contributed by atoms with Crippen LogP contribution in [0.15, 0.2) is 27.8 Å². The van der Waals surface area contributed by atoms with Crippen LogP contribution in [0.3, 0.4) is 0 Å². The highest BCUT2D eigenvalue weighted by Crippen LogP contribution is 2.28. The summed E-state index contributed by atoms with van der Waals surface area (Å²) in [6.45, 7) is 5.66. The van der Waals surface area contributed by atoms with E-state index in [1.165, 1.54) is 11.8 Å². The Balaban J connectivity index is 2.01. The third-order valence-electron chi connectivity index (χ3n) is 2.75. The van der Waals surface area contributed by atoms with Gasteiger partial charge in [0.25, 0.3) is 5.22 Å². The van der Waals surface area contributed by atoms with E-state index in [0.717, 1.165) is 0 Å². The predicted octanol–water partition coefficient (Wildman–Crippen LogP) is 4.62. The zero-order chi connectivity index (χ0) is 16.3. The van der Waals surface area contributed by atoms with Crippen LogP contribution in [0.2, 0.25) is 10.0 Å². The first-order valence-electron chi connectivity index (χ1n) is 6.62. The molecule has 8 heteroatoms. The maximum Gasteiger partial charge on any atom is 0.277 e. The van der Waals surface area contributed by atoms with Crippen molar-refractivity contribution in [3.8, 4) is 0 Å². The number of carbonyl (C=O) groups is 1. The zero-order valence-corrected chi connectivity index (χ0v) is 14.6. The quantitative estimate of drug-likeness (QED) is 0.788. The van der Waals surface area contributed by atoms with Gasteiger partial charge in [0.2, 0.25) is 11.8 Å². The average Bonchev–Trinajstić information content (AvgIpc) is 2.91. The molecule has 1 amide bonds. The Morgan fingerprint density at radius 3 is 2.64 bits per heavy atom. The number of hydrogen-bond donors (Lipinski definition) is 1. The summed E-state index contributed by atoms with van der Waals surface area (Å²) >= 11 is 13.1. The molecule has 0 aliphatic rings. The van der Waals surface area contributed by atoms with Crippen molar-refractivity contribution in [1.82, 2.24) is 10.2 Å². The molecule has 0 bridgehead atoms. The summed E-state index contributed by atoms with van der Waals surface area (Å²) in [5, 5.41) is 11.5. The normalized spacial score (nSPS) is 12.5. The summed E-state index contributed by atoms with van der Waals surface area (Å²) in [5.74, 6) is 0.475. The van der Waals surface area contributed by atoms with Gasteiger partial charge >= 0.3 is 0 Å². The van der Waals surface area contributed by atoms with Crippen molar-refractivity contribution in [2.24, 2.45) is 0 Å². The topological polar surface area (TPSA) is 68.0 Å². The molecule has 22 heavy (non-hydrogen) atoms. The molecule has 0 radical (unpaired) electrons. The summed E-state index contributed by atoms with van der Waals surface area (Å²) in [6.07, 6.45) is 0. The molecule has 1 heterocycles. The molecule has 1 atom stereocenters. The summed E-state index contributed by atoms with van der Waals surface area (Å²) in [6, 6.07) is 4.89. The van der Waals surface area contributed by atoms with Crippen molar-refractivity contribution in [3.05, 3.63) is 34.1 Å². The molecule has 0 unspecified atom stereocenters. The molecular formula is C14H15Cl2N3O2S. The molecule has 0 aliphatic carbocycles. The highest BCUT2D eigenvalue weighted by atomic mass is 35.5. The number of amides is 1. The van der Waals surface area contributed by atoms with Crippen molar-refractivity contribution < 1.29 is 9.21 Å². The number of anilines is 1. The van der Waals surface area contributed by atoms with Crippen LogP contribution >= 0.6 is 35.0 Å². The largest absolute Gasteiger partial charge is 0.416 e. The third-order valence-corrected chi connectivity index (χ3v) is 4.25. The summed E-state index contributed by atoms with van der Waals surface area (Å²) in [4.78, 5) is 12.2. The van der Waals surface area contributed by atoms with E-state index in [2.05, 4.69) is 15.5 Å². The van der Waals surface area contributed by atoms with E-state index in [9.17, 15) is 4.79 Å². The SMILES string of the molecule is CC(C)c1nnc(S[C@@H](C)C(=O)Nc2cc(Cl)ccc2Cl)o1. The lowest BCUT2D eigenvalue weighted by Crippen LogP contribution is -2.22. The number of halogens is 2. The molecule has 0 saturated heterocycles. The molecule has 2 aromatic rings. The molecule has 0 aliphatic heterocycles. The Morgan fingerprint density at radius 1 is 1.27 bits per heavy atom. The zero-order valence-electron chi connectivity index (χ0n) is 12.3. The van der Waals surface area contributed by atoms with Crippen LogP contribution in [0.1, 0.15) is 32.6 Å². The van der Waals surface area contributed by atoms with E-state index in [4.69, 9.17) is 27.6 Å². The first kappa shape index (κ1) is 17.1. The summed E-state index contributed by atoms with van der Waals surface area (Å²) < 4.78 is 5.47. The standard InChI is InChI=1S/C14H15Cl2N3O2S/c1-7(2)13-18-19-14(21-13)22-8(3)12(20)17-11-6-9(15)4-5-10(11)16/h4-8H,1-3H3,(H,17,20)/t8-/m0/s1. The van der Waals surface area contributed by atoms with Crippen molar-refractivity contribution in [1.29, 1.82) is 0 Å². The molecule has 1 aromatic carbocycles. The first-order chi connectivity index (χ1) is 10.4. The molecule has 2 rings (SSSR count). The minimum absolute atomic E-state index is 0.149. The van der Waals surface area contributed by atoms with Gasteiger partial charge in [-0.05, 0) is 25.1 Å². The fourth-order valence-electron chi connectivity index (χ4n) is 1.53. The number of nitrogens with one attached hydrogen (secondary N) is 1. The van der Waals surface area contributed by atoms with Gasteiger partial charge in [-0.2, -0.15) is 0 Å². The lowest BCUT2D eigenvalue weighted by atomic mass is 10.2.